The number of esters is 8. The lowest BCUT2D eigenvalue weighted by molar-refractivity contribution is -0.370. The number of hydrogen-bond acceptors (Lipinski definition) is 20. The summed E-state index contributed by atoms with van der Waals surface area (Å²) < 4.78 is 72.3. The van der Waals surface area contributed by atoms with E-state index in [9.17, 15) is 38.4 Å². The summed E-state index contributed by atoms with van der Waals surface area (Å²) in [4.78, 5) is 101. The van der Waals surface area contributed by atoms with Gasteiger partial charge in [-0.25, -0.2) is 0 Å². The van der Waals surface area contributed by atoms with Crippen LogP contribution in [0.2, 0.25) is 0 Å². The molecule has 438 valence electrons. The van der Waals surface area contributed by atoms with Crippen LogP contribution in [0.5, 0.6) is 0 Å². The Morgan fingerprint density at radius 1 is 0.462 bits per heavy atom. The third kappa shape index (κ3) is 11.9. The van der Waals surface area contributed by atoms with Crippen molar-refractivity contribution in [3.05, 3.63) is 12.2 Å². The highest BCUT2D eigenvalue weighted by atomic mass is 16.8. The highest BCUT2D eigenvalue weighted by Gasteiger charge is 2.71. The summed E-state index contributed by atoms with van der Waals surface area (Å²) in [7, 11) is 0. The van der Waals surface area contributed by atoms with Crippen molar-refractivity contribution in [2.45, 2.75) is 229 Å². The molecule has 7 aliphatic rings. The van der Waals surface area contributed by atoms with Crippen LogP contribution in [0.15, 0.2) is 12.2 Å². The molecule has 0 N–H and O–H groups in total. The molecule has 5 saturated carbocycles. The van der Waals surface area contributed by atoms with Gasteiger partial charge >= 0.3 is 47.8 Å². The first-order valence-corrected chi connectivity index (χ1v) is 27.9. The number of allylic oxidation sites excluding steroid dienone is 1. The number of rotatable bonds is 16. The smallest absolute Gasteiger partial charge is 0.303 e. The first kappa shape index (κ1) is 61.0. The van der Waals surface area contributed by atoms with Gasteiger partial charge in [-0.15, -0.1) is 0 Å². The molecule has 20 heteroatoms. The van der Waals surface area contributed by atoms with Crippen LogP contribution < -0.4 is 0 Å². The van der Waals surface area contributed by atoms with E-state index in [2.05, 4.69) is 48.1 Å². The molecule has 2 unspecified atom stereocenters. The zero-order chi connectivity index (χ0) is 57.6. The lowest BCUT2D eigenvalue weighted by atomic mass is 9.32. The Morgan fingerprint density at radius 2 is 0.949 bits per heavy atom. The minimum absolute atomic E-state index is 0.0143. The van der Waals surface area contributed by atoms with Crippen LogP contribution in [0.1, 0.15) is 161 Å². The summed E-state index contributed by atoms with van der Waals surface area (Å²) in [6.45, 7) is 27.4. The fraction of sp³-hybridized carbons (Fsp3) is 0.828. The Hall–Kier alpha value is -4.66. The van der Waals surface area contributed by atoms with Crippen molar-refractivity contribution in [2.24, 2.45) is 56.7 Å². The normalized spacial score (nSPS) is 41.4. The molecule has 2 heterocycles. The van der Waals surface area contributed by atoms with Gasteiger partial charge in [0, 0.05) is 60.8 Å². The molecule has 0 bridgehead atoms. The lowest BCUT2D eigenvalue weighted by Gasteiger charge is -2.73. The Morgan fingerprint density at radius 3 is 1.46 bits per heavy atom. The first-order chi connectivity index (χ1) is 36.4. The van der Waals surface area contributed by atoms with Gasteiger partial charge in [0.25, 0.3) is 0 Å². The van der Waals surface area contributed by atoms with E-state index in [0.717, 1.165) is 92.4 Å². The molecule has 5 aliphatic carbocycles. The van der Waals surface area contributed by atoms with Crippen molar-refractivity contribution in [1.29, 1.82) is 0 Å². The van der Waals surface area contributed by atoms with E-state index in [-0.39, 0.29) is 33.5 Å². The van der Waals surface area contributed by atoms with Crippen LogP contribution in [0.4, 0.5) is 0 Å². The van der Waals surface area contributed by atoms with Crippen molar-refractivity contribution in [3.8, 4) is 0 Å². The van der Waals surface area contributed by atoms with E-state index in [4.69, 9.17) is 56.8 Å². The first-order valence-electron chi connectivity index (χ1n) is 27.9. The molecule has 2 aliphatic heterocycles. The average molecular weight is 1100 g/mol. The van der Waals surface area contributed by atoms with E-state index in [1.54, 1.807) is 0 Å². The van der Waals surface area contributed by atoms with Crippen molar-refractivity contribution >= 4 is 47.8 Å². The average Bonchev–Trinajstić information content (AvgIpc) is 3.73. The topological polar surface area (TPSA) is 247 Å². The van der Waals surface area contributed by atoms with E-state index >= 15 is 0 Å². The molecule has 7 rings (SSSR count). The van der Waals surface area contributed by atoms with Crippen LogP contribution in [0, 0.1) is 56.7 Å². The van der Waals surface area contributed by atoms with Gasteiger partial charge in [0.2, 0.25) is 0 Å². The number of hydrogen-bond donors (Lipinski definition) is 0. The van der Waals surface area contributed by atoms with Crippen LogP contribution in [-0.4, -0.2) is 135 Å². The van der Waals surface area contributed by atoms with E-state index < -0.39 is 128 Å². The van der Waals surface area contributed by atoms with Crippen molar-refractivity contribution in [3.63, 3.8) is 0 Å². The third-order valence-corrected chi connectivity index (χ3v) is 19.9. The van der Waals surface area contributed by atoms with Crippen LogP contribution >= 0.6 is 0 Å². The molecule has 0 aromatic carbocycles. The summed E-state index contributed by atoms with van der Waals surface area (Å²) in [5, 5.41) is 0. The summed E-state index contributed by atoms with van der Waals surface area (Å²) in [6.07, 6.45) is -6.40. The Balaban J connectivity index is 1.20. The minimum atomic E-state index is -1.81. The number of carbonyl (C=O) groups excluding carboxylic acids is 8. The van der Waals surface area contributed by atoms with Gasteiger partial charge in [0.15, 0.2) is 43.1 Å². The van der Waals surface area contributed by atoms with E-state index in [1.807, 2.05) is 0 Å². The third-order valence-electron chi connectivity index (χ3n) is 19.9. The molecule has 0 radical (unpaired) electrons. The molecule has 2 saturated heterocycles. The molecule has 78 heavy (non-hydrogen) atoms. The highest BCUT2D eigenvalue weighted by Crippen LogP contribution is 2.77. The number of fused-ring (bicyclic) bond motifs is 7. The van der Waals surface area contributed by atoms with Gasteiger partial charge in [-0.2, -0.15) is 0 Å². The van der Waals surface area contributed by atoms with Crippen LogP contribution in [0.25, 0.3) is 0 Å². The maximum absolute atomic E-state index is 13.2. The molecule has 0 amide bonds. The van der Waals surface area contributed by atoms with Crippen LogP contribution in [0.3, 0.4) is 0 Å². The maximum atomic E-state index is 13.2. The largest absolute Gasteiger partial charge is 0.465 e. The second-order valence-electron chi connectivity index (χ2n) is 25.0. The molecule has 0 aromatic rings. The zero-order valence-electron chi connectivity index (χ0n) is 48.3. The molecule has 0 spiro atoms. The zero-order valence-corrected chi connectivity index (χ0v) is 48.3. The van der Waals surface area contributed by atoms with Crippen molar-refractivity contribution < 1.29 is 95.2 Å². The van der Waals surface area contributed by atoms with Crippen LogP contribution in [-0.2, 0) is 95.2 Å². The van der Waals surface area contributed by atoms with Gasteiger partial charge in [0.1, 0.15) is 31.5 Å². The van der Waals surface area contributed by atoms with Gasteiger partial charge < -0.3 is 56.8 Å². The summed E-state index contributed by atoms with van der Waals surface area (Å²) in [6, 6.07) is 0. The molecular weight excluding hydrogens is 1020 g/mol. The predicted molar refractivity (Wildman–Crippen MR) is 274 cm³/mol. The maximum Gasteiger partial charge on any atom is 0.303 e. The SMILES string of the molecule is C=C(C)[C@@H]1CC[C@]2(COC(C)=O)CC[C@]3(C)[C@H](CCC4[C@@]5(C)CCC(O[C@@H]6O[C@H](COC(C)=O)[C@@H](O[C@H]7O[C@H](COC(C)=O)[C@@H](OC(C)=O)[C@H](OC(C)=O)[C@H]7OC(C)=O)[C@H](OC(C)=O)[C@H]6OC(C)=O)C(C)(C)[C@@H]5CC[C@]43C)[C@@H]12. The second-order valence-corrected chi connectivity index (χ2v) is 25.0. The fourth-order valence-corrected chi connectivity index (χ4v) is 16.7. The highest BCUT2D eigenvalue weighted by molar-refractivity contribution is 5.69. The molecule has 7 fully saturated rings. The molecule has 20 atom stereocenters. The summed E-state index contributed by atoms with van der Waals surface area (Å²) >= 11 is 0. The van der Waals surface area contributed by atoms with E-state index in [1.165, 1.54) is 26.3 Å². The Labute approximate surface area is 458 Å². The standard InChI is InChI=1S/C58H86O20/c1-29(2)38-18-23-58(28-69-32(5)61)25-24-56(14)39(45(38)58)16-17-43-55(13)21-20-44(54(11,12)42(55)19-22-57(43,56)15)77-52-50(73-36(9)65)49(72-35(8)64)47(41(75-52)27-68-31(4)60)78-53-51(74-37(10)66)48(71-34(7)63)46(70-33(6)62)40(76-53)26-67-30(3)59/h38-53H,1,16-28H2,2-15H3/t38-,39+,40+,41+,42-,43?,44?,45+,46+,47+,48-,49-,50+,51+,52-,53+,55-,56+,57+,58+/m0/s1. The lowest BCUT2D eigenvalue weighted by Crippen LogP contribution is -2.68. The summed E-state index contributed by atoms with van der Waals surface area (Å²) in [5.74, 6) is -4.14. The van der Waals surface area contributed by atoms with Crippen molar-refractivity contribution in [1.82, 2.24) is 0 Å². The van der Waals surface area contributed by atoms with E-state index in [0.29, 0.717) is 36.7 Å². The fourth-order valence-electron chi connectivity index (χ4n) is 16.7. The van der Waals surface area contributed by atoms with Gasteiger partial charge in [-0.1, -0.05) is 46.8 Å². The minimum Gasteiger partial charge on any atom is -0.465 e. The quantitative estimate of drug-likeness (QED) is 0.0641. The van der Waals surface area contributed by atoms with Gasteiger partial charge in [-0.3, -0.25) is 38.4 Å². The molecular formula is C58H86O20. The summed E-state index contributed by atoms with van der Waals surface area (Å²) in [5.41, 5.74) is 0.623. The van der Waals surface area contributed by atoms with Crippen molar-refractivity contribution in [2.75, 3.05) is 19.8 Å². The van der Waals surface area contributed by atoms with Gasteiger partial charge in [-0.05, 0) is 122 Å². The second kappa shape index (κ2) is 23.4. The van der Waals surface area contributed by atoms with Gasteiger partial charge in [0.05, 0.1) is 12.7 Å². The monoisotopic (exact) mass is 1100 g/mol. The predicted octanol–water partition coefficient (Wildman–Crippen LogP) is 7.21. The molecule has 0 aromatic heterocycles. The number of carbonyl (C=O) groups is 8. The number of ether oxygens (including phenoxy) is 12. The Bertz CT molecular complexity index is 2310. The molecule has 20 nitrogen and oxygen atoms in total. The Kier molecular flexibility index (Phi) is 18.3.